The van der Waals surface area contributed by atoms with Gasteiger partial charge in [0.15, 0.2) is 5.78 Å². The van der Waals surface area contributed by atoms with Gasteiger partial charge in [-0.25, -0.2) is 0 Å². The van der Waals surface area contributed by atoms with E-state index >= 15 is 0 Å². The lowest BCUT2D eigenvalue weighted by atomic mass is 9.35. The second kappa shape index (κ2) is 7.09. The van der Waals surface area contributed by atoms with E-state index in [4.69, 9.17) is 4.74 Å². The minimum Gasteiger partial charge on any atom is -0.373 e. The van der Waals surface area contributed by atoms with Crippen molar-refractivity contribution in [1.29, 1.82) is 5.26 Å². The number of ether oxygens (including phenoxy) is 1. The standard InChI is InChI=1S/C31H43NO3/c1-27(2)11-12-31(24-17-35-24)10-7-19-25(20(31)15-27)21(33)13-23-29(19,5)9-8-22-28(3,4)26(34)18(16-32)14-30(22,23)6/h14,19-20,22-25H,7-13,15,17H2,1-6H3. The van der Waals surface area contributed by atoms with Crippen molar-refractivity contribution in [1.82, 2.24) is 0 Å². The molecular weight excluding hydrogens is 434 g/mol. The van der Waals surface area contributed by atoms with Crippen LogP contribution in [0.15, 0.2) is 11.6 Å². The summed E-state index contributed by atoms with van der Waals surface area (Å²) in [5.74, 6) is 1.81. The van der Waals surface area contributed by atoms with Crippen molar-refractivity contribution < 1.29 is 14.3 Å². The van der Waals surface area contributed by atoms with Crippen LogP contribution in [0.1, 0.15) is 92.9 Å². The molecule has 0 aromatic carbocycles. The third-order valence-electron chi connectivity index (χ3n) is 12.7. The van der Waals surface area contributed by atoms with E-state index in [9.17, 15) is 14.9 Å². The highest BCUT2D eigenvalue weighted by Crippen LogP contribution is 2.72. The van der Waals surface area contributed by atoms with Crippen molar-refractivity contribution in [2.24, 2.45) is 56.7 Å². The first-order chi connectivity index (χ1) is 16.3. The fraction of sp³-hybridized carbons (Fsp3) is 0.839. The molecule has 0 N–H and O–H groups in total. The molecule has 5 aliphatic carbocycles. The number of rotatable bonds is 1. The number of fused-ring (bicyclic) bond motifs is 7. The quantitative estimate of drug-likeness (QED) is 0.416. The molecule has 4 heteroatoms. The Bertz CT molecular complexity index is 1060. The van der Waals surface area contributed by atoms with Gasteiger partial charge in [-0.3, -0.25) is 9.59 Å². The van der Waals surface area contributed by atoms with Crippen LogP contribution in [0.5, 0.6) is 0 Å². The van der Waals surface area contributed by atoms with Crippen LogP contribution in [0.4, 0.5) is 0 Å². The van der Waals surface area contributed by atoms with Crippen molar-refractivity contribution in [2.45, 2.75) is 99.0 Å². The minimum atomic E-state index is -0.561. The Hall–Kier alpha value is -1.47. The highest BCUT2D eigenvalue weighted by atomic mass is 16.6. The molecule has 0 spiro atoms. The van der Waals surface area contributed by atoms with E-state index in [0.29, 0.717) is 35.7 Å². The normalized spacial score (nSPS) is 51.6. The van der Waals surface area contributed by atoms with Gasteiger partial charge in [-0.2, -0.15) is 5.26 Å². The molecule has 35 heavy (non-hydrogen) atoms. The van der Waals surface area contributed by atoms with Gasteiger partial charge in [0.25, 0.3) is 0 Å². The van der Waals surface area contributed by atoms with Crippen molar-refractivity contribution in [3.8, 4) is 6.07 Å². The fourth-order valence-corrected chi connectivity index (χ4v) is 10.9. The zero-order chi connectivity index (χ0) is 25.2. The average Bonchev–Trinajstić information content (AvgIpc) is 3.63. The van der Waals surface area contributed by atoms with Crippen LogP contribution in [-0.4, -0.2) is 24.3 Å². The average molecular weight is 478 g/mol. The Morgan fingerprint density at radius 2 is 1.66 bits per heavy atom. The third-order valence-corrected chi connectivity index (χ3v) is 12.7. The lowest BCUT2D eigenvalue weighted by Crippen LogP contribution is -2.65. The summed E-state index contributed by atoms with van der Waals surface area (Å²) in [7, 11) is 0. The molecule has 190 valence electrons. The molecule has 9 atom stereocenters. The molecule has 1 saturated heterocycles. The Labute approximate surface area is 211 Å². The van der Waals surface area contributed by atoms with Crippen LogP contribution < -0.4 is 0 Å². The summed E-state index contributed by atoms with van der Waals surface area (Å²) in [6.45, 7) is 14.5. The van der Waals surface area contributed by atoms with E-state index in [1.807, 2.05) is 19.9 Å². The minimum absolute atomic E-state index is 0.0117. The van der Waals surface area contributed by atoms with E-state index in [1.165, 1.54) is 19.3 Å². The van der Waals surface area contributed by atoms with Gasteiger partial charge in [-0.15, -0.1) is 0 Å². The van der Waals surface area contributed by atoms with Gasteiger partial charge in [0.2, 0.25) is 0 Å². The van der Waals surface area contributed by atoms with E-state index in [2.05, 4.69) is 33.8 Å². The summed E-state index contributed by atoms with van der Waals surface area (Å²) >= 11 is 0. The predicted octanol–water partition coefficient (Wildman–Crippen LogP) is 6.29. The Morgan fingerprint density at radius 3 is 2.31 bits per heavy atom. The molecule has 0 radical (unpaired) electrons. The lowest BCUT2D eigenvalue weighted by molar-refractivity contribution is -0.192. The smallest absolute Gasteiger partial charge is 0.178 e. The molecular formula is C31H43NO3. The monoisotopic (exact) mass is 477 g/mol. The molecule has 0 amide bonds. The van der Waals surface area contributed by atoms with Gasteiger partial charge >= 0.3 is 0 Å². The molecule has 0 aromatic rings. The van der Waals surface area contributed by atoms with Crippen molar-refractivity contribution in [3.63, 3.8) is 0 Å². The second-order valence-electron chi connectivity index (χ2n) is 15.1. The molecule has 9 unspecified atom stereocenters. The number of epoxide rings is 1. The number of ketones is 2. The van der Waals surface area contributed by atoms with Crippen LogP contribution in [0, 0.1) is 68.0 Å². The first kappa shape index (κ1) is 23.9. The Morgan fingerprint density at radius 1 is 0.943 bits per heavy atom. The number of allylic oxidation sites excluding steroid dienone is 2. The number of carbonyl (C=O) groups excluding carboxylic acids is 2. The van der Waals surface area contributed by atoms with Gasteiger partial charge in [-0.05, 0) is 84.9 Å². The molecule has 0 aromatic heterocycles. The van der Waals surface area contributed by atoms with Gasteiger partial charge in [0, 0.05) is 23.2 Å². The molecule has 0 bridgehead atoms. The van der Waals surface area contributed by atoms with Gasteiger partial charge in [0.05, 0.1) is 18.3 Å². The van der Waals surface area contributed by atoms with Crippen LogP contribution in [0.3, 0.4) is 0 Å². The van der Waals surface area contributed by atoms with Crippen molar-refractivity contribution in [3.05, 3.63) is 11.6 Å². The number of Topliss-reactive ketones (excluding diaryl/α,β-unsaturated/α-hetero) is 2. The van der Waals surface area contributed by atoms with E-state index in [0.717, 1.165) is 32.3 Å². The maximum absolute atomic E-state index is 14.3. The Balaban J connectivity index is 1.43. The van der Waals surface area contributed by atoms with Crippen LogP contribution in [-0.2, 0) is 14.3 Å². The first-order valence-corrected chi connectivity index (χ1v) is 14.1. The predicted molar refractivity (Wildman–Crippen MR) is 134 cm³/mol. The molecule has 4 saturated carbocycles. The molecule has 6 aliphatic rings. The Kier molecular flexibility index (Phi) is 4.84. The molecule has 4 nitrogen and oxygen atoms in total. The molecule has 6 rings (SSSR count). The SMILES string of the molecule is CC1(C)CCC2(C3CO3)CCC3C(C(=O)CC4C5(C)C=C(C#N)C(=O)C(C)(C)C5CCC34C)C2C1. The lowest BCUT2D eigenvalue weighted by Gasteiger charge is -2.68. The number of hydrogen-bond donors (Lipinski definition) is 0. The number of nitrogens with zero attached hydrogens (tertiary/aromatic N) is 1. The largest absolute Gasteiger partial charge is 0.373 e. The van der Waals surface area contributed by atoms with Crippen LogP contribution in [0.25, 0.3) is 0 Å². The van der Waals surface area contributed by atoms with Crippen LogP contribution >= 0.6 is 0 Å². The summed E-state index contributed by atoms with van der Waals surface area (Å²) in [5, 5.41) is 9.84. The highest BCUT2D eigenvalue weighted by Gasteiger charge is 2.69. The maximum Gasteiger partial charge on any atom is 0.178 e. The van der Waals surface area contributed by atoms with Crippen molar-refractivity contribution >= 4 is 11.6 Å². The molecule has 1 heterocycles. The highest BCUT2D eigenvalue weighted by molar-refractivity contribution is 6.04. The summed E-state index contributed by atoms with van der Waals surface area (Å²) in [5.41, 5.74) is 0.00384. The topological polar surface area (TPSA) is 70.5 Å². The van der Waals surface area contributed by atoms with Crippen LogP contribution in [0.2, 0.25) is 0 Å². The number of hydrogen-bond acceptors (Lipinski definition) is 4. The summed E-state index contributed by atoms with van der Waals surface area (Å²) in [4.78, 5) is 27.4. The van der Waals surface area contributed by atoms with E-state index in [1.54, 1.807) is 0 Å². The third kappa shape index (κ3) is 3.00. The van der Waals surface area contributed by atoms with Gasteiger partial charge in [-0.1, -0.05) is 47.6 Å². The van der Waals surface area contributed by atoms with E-state index in [-0.39, 0.29) is 45.2 Å². The first-order valence-electron chi connectivity index (χ1n) is 14.1. The maximum atomic E-state index is 14.3. The summed E-state index contributed by atoms with van der Waals surface area (Å²) in [6, 6.07) is 2.23. The van der Waals surface area contributed by atoms with Crippen molar-refractivity contribution in [2.75, 3.05) is 6.61 Å². The van der Waals surface area contributed by atoms with Gasteiger partial charge < -0.3 is 4.74 Å². The number of carbonyl (C=O) groups is 2. The second-order valence-corrected chi connectivity index (χ2v) is 15.1. The van der Waals surface area contributed by atoms with Gasteiger partial charge in [0.1, 0.15) is 11.9 Å². The van der Waals surface area contributed by atoms with E-state index < -0.39 is 5.41 Å². The molecule has 5 fully saturated rings. The zero-order valence-corrected chi connectivity index (χ0v) is 22.6. The zero-order valence-electron chi connectivity index (χ0n) is 22.6. The summed E-state index contributed by atoms with van der Waals surface area (Å²) in [6.07, 6.45) is 11.0. The number of nitriles is 1. The summed E-state index contributed by atoms with van der Waals surface area (Å²) < 4.78 is 5.99. The molecule has 1 aliphatic heterocycles. The fourth-order valence-electron chi connectivity index (χ4n) is 10.9.